The van der Waals surface area contributed by atoms with Crippen molar-refractivity contribution in [1.29, 1.82) is 0 Å². The number of esters is 1. The molecule has 0 aromatic heterocycles. The maximum atomic E-state index is 13.9. The van der Waals surface area contributed by atoms with E-state index in [4.69, 9.17) is 9.47 Å². The Labute approximate surface area is 195 Å². The van der Waals surface area contributed by atoms with E-state index in [9.17, 15) is 19.5 Å². The molecule has 4 aliphatic heterocycles. The second-order valence-corrected chi connectivity index (χ2v) is 10.0. The summed E-state index contributed by atoms with van der Waals surface area (Å²) < 4.78 is 12.3. The Bertz CT molecular complexity index is 854. The van der Waals surface area contributed by atoms with Gasteiger partial charge in [0.05, 0.1) is 18.1 Å². The summed E-state index contributed by atoms with van der Waals surface area (Å²) in [5.74, 6) is -2.54. The van der Waals surface area contributed by atoms with E-state index in [1.54, 1.807) is 9.80 Å². The third kappa shape index (κ3) is 3.91. The third-order valence-corrected chi connectivity index (χ3v) is 7.46. The van der Waals surface area contributed by atoms with Crippen LogP contribution in [0.3, 0.4) is 0 Å². The number of allylic oxidation sites excluding steroid dienone is 1. The largest absolute Gasteiger partial charge is 0.465 e. The van der Waals surface area contributed by atoms with Crippen molar-refractivity contribution in [2.24, 2.45) is 11.8 Å². The SMILES string of the molecule is CC(C)N1CC=C[C@]23O[C@]4(C)/C=C\CCCCOC(=O)[C@@H]4[C@H]2C(=O)N(CCCCO)C3C1=O. The molecular weight excluding hydrogens is 424 g/mol. The standard InChI is InChI=1S/C25H36N2O6/c1-17(2)26-14-10-12-25-18(21(29)27(13-7-8-15-28)20(25)22(26)30)19-23(31)32-16-9-5-4-6-11-24(19,3)33-25/h6,10-12,17-20,28H,4-5,7-9,13-16H2,1-3H3/b11-6-/t18-,19-,20?,24+,25-/m0/s1. The van der Waals surface area contributed by atoms with Gasteiger partial charge in [0.25, 0.3) is 0 Å². The predicted molar refractivity (Wildman–Crippen MR) is 121 cm³/mol. The topological polar surface area (TPSA) is 96.4 Å². The lowest BCUT2D eigenvalue weighted by molar-refractivity contribution is -0.160. The van der Waals surface area contributed by atoms with Crippen LogP contribution < -0.4 is 0 Å². The Balaban J connectivity index is 1.83. The number of cyclic esters (lactones) is 1. The minimum atomic E-state index is -1.24. The number of ether oxygens (including phenoxy) is 2. The van der Waals surface area contributed by atoms with E-state index >= 15 is 0 Å². The molecule has 4 heterocycles. The number of aliphatic hydroxyl groups is 1. The summed E-state index contributed by atoms with van der Waals surface area (Å²) in [5, 5.41) is 9.26. The second kappa shape index (κ2) is 9.22. The van der Waals surface area contributed by atoms with Crippen molar-refractivity contribution in [2.75, 3.05) is 26.3 Å². The first-order chi connectivity index (χ1) is 15.8. The highest BCUT2D eigenvalue weighted by Crippen LogP contribution is 2.57. The van der Waals surface area contributed by atoms with E-state index in [1.165, 1.54) is 0 Å². The highest BCUT2D eigenvalue weighted by atomic mass is 16.6. The van der Waals surface area contributed by atoms with Crippen LogP contribution in [0.2, 0.25) is 0 Å². The van der Waals surface area contributed by atoms with Crippen LogP contribution in [0.5, 0.6) is 0 Å². The van der Waals surface area contributed by atoms with Gasteiger partial charge in [-0.2, -0.15) is 0 Å². The van der Waals surface area contributed by atoms with Gasteiger partial charge in [0.1, 0.15) is 17.6 Å². The molecule has 1 unspecified atom stereocenters. The first-order valence-electron chi connectivity index (χ1n) is 12.2. The lowest BCUT2D eigenvalue weighted by atomic mass is 9.74. The van der Waals surface area contributed by atoms with Crippen LogP contribution in [-0.4, -0.2) is 82.3 Å². The highest BCUT2D eigenvalue weighted by Gasteiger charge is 2.74. The van der Waals surface area contributed by atoms with Crippen molar-refractivity contribution in [2.45, 2.75) is 76.2 Å². The van der Waals surface area contributed by atoms with E-state index in [1.807, 2.05) is 45.1 Å². The molecule has 0 aromatic carbocycles. The number of hydrogen-bond acceptors (Lipinski definition) is 6. The number of fused-ring (bicyclic) bond motifs is 2. The summed E-state index contributed by atoms with van der Waals surface area (Å²) in [4.78, 5) is 44.4. The Morgan fingerprint density at radius 3 is 2.61 bits per heavy atom. The maximum Gasteiger partial charge on any atom is 0.313 e. The molecule has 1 spiro atoms. The molecule has 0 saturated carbocycles. The van der Waals surface area contributed by atoms with Gasteiger partial charge in [-0.25, -0.2) is 0 Å². The number of carbonyl (C=O) groups is 3. The number of rotatable bonds is 5. The summed E-state index contributed by atoms with van der Waals surface area (Å²) in [6.07, 6.45) is 11.2. The zero-order chi connectivity index (χ0) is 23.8. The molecule has 8 heteroatoms. The summed E-state index contributed by atoms with van der Waals surface area (Å²) in [7, 11) is 0. The van der Waals surface area contributed by atoms with Gasteiger partial charge in [-0.15, -0.1) is 0 Å². The van der Waals surface area contributed by atoms with Gasteiger partial charge in [-0.3, -0.25) is 14.4 Å². The second-order valence-electron chi connectivity index (χ2n) is 10.0. The minimum absolute atomic E-state index is 0.0154. The van der Waals surface area contributed by atoms with Gasteiger partial charge in [-0.1, -0.05) is 24.3 Å². The molecule has 2 fully saturated rings. The van der Waals surface area contributed by atoms with Crippen molar-refractivity contribution in [3.05, 3.63) is 24.3 Å². The molecule has 5 atom stereocenters. The van der Waals surface area contributed by atoms with Crippen LogP contribution >= 0.6 is 0 Å². The lowest BCUT2D eigenvalue weighted by Crippen LogP contribution is -2.57. The maximum absolute atomic E-state index is 13.9. The van der Waals surface area contributed by atoms with Crippen LogP contribution in [0.1, 0.15) is 52.9 Å². The molecule has 1 N–H and O–H groups in total. The fourth-order valence-corrected chi connectivity index (χ4v) is 5.91. The van der Waals surface area contributed by atoms with E-state index < -0.39 is 35.0 Å². The van der Waals surface area contributed by atoms with Crippen molar-refractivity contribution < 1.29 is 29.0 Å². The van der Waals surface area contributed by atoms with E-state index in [-0.39, 0.29) is 24.5 Å². The fraction of sp³-hybridized carbons (Fsp3) is 0.720. The minimum Gasteiger partial charge on any atom is -0.465 e. The predicted octanol–water partition coefficient (Wildman–Crippen LogP) is 1.82. The molecule has 4 rings (SSSR count). The molecule has 2 saturated heterocycles. The van der Waals surface area contributed by atoms with E-state index in [0.717, 1.165) is 19.3 Å². The smallest absolute Gasteiger partial charge is 0.313 e. The number of aliphatic hydroxyl groups excluding tert-OH is 1. The number of nitrogens with zero attached hydrogens (tertiary/aromatic N) is 2. The Kier molecular flexibility index (Phi) is 6.69. The molecular formula is C25H36N2O6. The van der Waals surface area contributed by atoms with Crippen molar-refractivity contribution in [1.82, 2.24) is 9.80 Å². The molecule has 0 bridgehead atoms. The van der Waals surface area contributed by atoms with E-state index in [0.29, 0.717) is 32.5 Å². The summed E-state index contributed by atoms with van der Waals surface area (Å²) in [6, 6.07) is -0.904. The number of carbonyl (C=O) groups excluding carboxylic acids is 3. The first kappa shape index (κ1) is 24.0. The molecule has 0 radical (unpaired) electrons. The Morgan fingerprint density at radius 1 is 1.09 bits per heavy atom. The van der Waals surface area contributed by atoms with Crippen LogP contribution in [0.25, 0.3) is 0 Å². The number of unbranched alkanes of at least 4 members (excludes halogenated alkanes) is 1. The molecule has 33 heavy (non-hydrogen) atoms. The van der Waals surface area contributed by atoms with Crippen molar-refractivity contribution in [3.63, 3.8) is 0 Å². The summed E-state index contributed by atoms with van der Waals surface area (Å²) in [6.45, 7) is 6.80. The normalized spacial score (nSPS) is 37.5. The van der Waals surface area contributed by atoms with Gasteiger partial charge in [0, 0.05) is 25.7 Å². The van der Waals surface area contributed by atoms with Gasteiger partial charge in [-0.05, 0) is 52.9 Å². The van der Waals surface area contributed by atoms with Gasteiger partial charge >= 0.3 is 5.97 Å². The van der Waals surface area contributed by atoms with Gasteiger partial charge in [0.2, 0.25) is 11.8 Å². The summed E-state index contributed by atoms with van der Waals surface area (Å²) in [5.41, 5.74) is -2.30. The molecule has 0 aromatic rings. The summed E-state index contributed by atoms with van der Waals surface area (Å²) >= 11 is 0. The van der Waals surface area contributed by atoms with Crippen molar-refractivity contribution >= 4 is 17.8 Å². The number of amides is 2. The van der Waals surface area contributed by atoms with Crippen LogP contribution in [0, 0.1) is 11.8 Å². The lowest BCUT2D eigenvalue weighted by Gasteiger charge is -2.38. The third-order valence-electron chi connectivity index (χ3n) is 7.46. The fourth-order valence-electron chi connectivity index (χ4n) is 5.91. The monoisotopic (exact) mass is 460 g/mol. The number of likely N-dealkylation sites (tertiary alicyclic amines) is 1. The number of hydrogen-bond donors (Lipinski definition) is 1. The zero-order valence-corrected chi connectivity index (χ0v) is 19.9. The van der Waals surface area contributed by atoms with Gasteiger partial charge < -0.3 is 24.4 Å². The van der Waals surface area contributed by atoms with Gasteiger partial charge in [0.15, 0.2) is 0 Å². The Hall–Kier alpha value is -2.19. The molecule has 182 valence electrons. The Morgan fingerprint density at radius 2 is 1.88 bits per heavy atom. The zero-order valence-electron chi connectivity index (χ0n) is 19.9. The van der Waals surface area contributed by atoms with Crippen LogP contribution in [0.4, 0.5) is 0 Å². The van der Waals surface area contributed by atoms with E-state index in [2.05, 4.69) is 0 Å². The van der Waals surface area contributed by atoms with Crippen molar-refractivity contribution in [3.8, 4) is 0 Å². The first-order valence-corrected chi connectivity index (χ1v) is 12.2. The average Bonchev–Trinajstić information content (AvgIpc) is 3.08. The quantitative estimate of drug-likeness (QED) is 0.382. The molecule has 0 aliphatic carbocycles. The van der Waals surface area contributed by atoms with Crippen LogP contribution in [0.15, 0.2) is 24.3 Å². The molecule has 8 nitrogen and oxygen atoms in total. The molecule has 2 amide bonds. The highest BCUT2D eigenvalue weighted by molar-refractivity contribution is 5.99. The molecule has 4 aliphatic rings. The van der Waals surface area contributed by atoms with Crippen LogP contribution in [-0.2, 0) is 23.9 Å². The average molecular weight is 461 g/mol.